The summed E-state index contributed by atoms with van der Waals surface area (Å²) in [6, 6.07) is 1.70. The summed E-state index contributed by atoms with van der Waals surface area (Å²) in [5.41, 5.74) is -1.41. The summed E-state index contributed by atoms with van der Waals surface area (Å²) in [5, 5.41) is 12.7. The highest BCUT2D eigenvalue weighted by molar-refractivity contribution is 5.21. The van der Waals surface area contributed by atoms with Crippen LogP contribution < -0.4 is 11.2 Å². The topological polar surface area (TPSA) is 109 Å². The number of H-pyrrole nitrogens is 1. The third kappa shape index (κ3) is 2.12. The second-order valence-corrected chi connectivity index (χ2v) is 3.38. The fraction of sp³-hybridized carbons (Fsp3) is 0.222. The minimum atomic E-state index is -0.692. The van der Waals surface area contributed by atoms with Crippen LogP contribution in [0.3, 0.4) is 0 Å². The summed E-state index contributed by atoms with van der Waals surface area (Å²) < 4.78 is 2.67. The van der Waals surface area contributed by atoms with Gasteiger partial charge in [-0.05, 0) is 0 Å². The molecule has 0 fully saturated rings. The van der Waals surface area contributed by atoms with Crippen LogP contribution in [0.15, 0.2) is 22.1 Å². The molecule has 0 saturated carbocycles. The molecule has 0 unspecified atom stereocenters. The van der Waals surface area contributed by atoms with Crippen molar-refractivity contribution in [1.29, 1.82) is 5.26 Å². The average molecular weight is 232 g/mol. The zero-order valence-corrected chi connectivity index (χ0v) is 8.91. The molecule has 0 aliphatic carbocycles. The van der Waals surface area contributed by atoms with Gasteiger partial charge in [-0.3, -0.25) is 19.0 Å². The fourth-order valence-corrected chi connectivity index (χ4v) is 1.32. The van der Waals surface area contributed by atoms with Crippen LogP contribution >= 0.6 is 0 Å². The molecule has 86 valence electrons. The van der Waals surface area contributed by atoms with Gasteiger partial charge in [-0.1, -0.05) is 0 Å². The monoisotopic (exact) mass is 232 g/mol. The lowest BCUT2D eigenvalue weighted by Gasteiger charge is -2.01. The van der Waals surface area contributed by atoms with Crippen molar-refractivity contribution in [3.05, 3.63) is 44.8 Å². The maximum Gasteiger partial charge on any atom is 0.328 e. The molecular formula is C9H8N6O2. The first-order chi connectivity index (χ1) is 8.10. The standard InChI is InChI=1S/C9H8N6O2/c1-14-5-11-7(13-14)4-15-3-6(2-10)8(16)12-9(15)17/h3,5H,4H2,1H3,(H,12,16,17). The van der Waals surface area contributed by atoms with Crippen LogP contribution in [0.25, 0.3) is 0 Å². The molecule has 1 N–H and O–H groups in total. The lowest BCUT2D eigenvalue weighted by molar-refractivity contribution is 0.666. The summed E-state index contributed by atoms with van der Waals surface area (Å²) in [7, 11) is 1.70. The van der Waals surface area contributed by atoms with Crippen molar-refractivity contribution in [2.75, 3.05) is 0 Å². The second-order valence-electron chi connectivity index (χ2n) is 3.38. The third-order valence-corrected chi connectivity index (χ3v) is 2.09. The van der Waals surface area contributed by atoms with Gasteiger partial charge in [0.15, 0.2) is 5.82 Å². The van der Waals surface area contributed by atoms with Gasteiger partial charge in [0.2, 0.25) is 0 Å². The number of rotatable bonds is 2. The van der Waals surface area contributed by atoms with Crippen molar-refractivity contribution >= 4 is 0 Å². The van der Waals surface area contributed by atoms with Gasteiger partial charge in [0.1, 0.15) is 18.0 Å². The molecule has 2 aromatic heterocycles. The molecule has 0 aromatic carbocycles. The van der Waals surface area contributed by atoms with Crippen molar-refractivity contribution in [2.45, 2.75) is 6.54 Å². The number of aromatic nitrogens is 5. The number of nitrogens with zero attached hydrogens (tertiary/aromatic N) is 5. The molecule has 0 atom stereocenters. The number of hydrogen-bond acceptors (Lipinski definition) is 5. The number of nitriles is 1. The van der Waals surface area contributed by atoms with E-state index >= 15 is 0 Å². The molecule has 8 heteroatoms. The van der Waals surface area contributed by atoms with Crippen LogP contribution in [0.5, 0.6) is 0 Å². The Bertz CT molecular complexity index is 701. The van der Waals surface area contributed by atoms with E-state index in [0.29, 0.717) is 5.82 Å². The highest BCUT2D eigenvalue weighted by Gasteiger charge is 2.06. The van der Waals surface area contributed by atoms with E-state index in [2.05, 4.69) is 15.1 Å². The molecule has 17 heavy (non-hydrogen) atoms. The van der Waals surface area contributed by atoms with Gasteiger partial charge in [0.05, 0.1) is 6.54 Å². The molecule has 0 amide bonds. The Morgan fingerprint density at radius 1 is 1.53 bits per heavy atom. The Balaban J connectivity index is 2.43. The van der Waals surface area contributed by atoms with Gasteiger partial charge in [-0.15, -0.1) is 0 Å². The Hall–Kier alpha value is -2.69. The number of aryl methyl sites for hydroxylation is 1. The molecule has 0 spiro atoms. The average Bonchev–Trinajstić information content (AvgIpc) is 2.68. The zero-order valence-electron chi connectivity index (χ0n) is 8.91. The number of hydrogen-bond donors (Lipinski definition) is 1. The summed E-state index contributed by atoms with van der Waals surface area (Å²) >= 11 is 0. The van der Waals surface area contributed by atoms with Crippen LogP contribution in [-0.2, 0) is 13.6 Å². The molecular weight excluding hydrogens is 224 g/mol. The van der Waals surface area contributed by atoms with Gasteiger partial charge in [0.25, 0.3) is 5.56 Å². The van der Waals surface area contributed by atoms with Crippen molar-refractivity contribution < 1.29 is 0 Å². The molecule has 0 bridgehead atoms. The predicted octanol–water partition coefficient (Wildman–Crippen LogP) is -1.41. The van der Waals surface area contributed by atoms with Crippen LogP contribution in [0, 0.1) is 11.3 Å². The van der Waals surface area contributed by atoms with Gasteiger partial charge in [-0.2, -0.15) is 10.4 Å². The van der Waals surface area contributed by atoms with Crippen LogP contribution in [-0.4, -0.2) is 24.3 Å². The van der Waals surface area contributed by atoms with E-state index in [1.54, 1.807) is 13.1 Å². The summed E-state index contributed by atoms with van der Waals surface area (Å²) in [6.45, 7) is 0.102. The third-order valence-electron chi connectivity index (χ3n) is 2.09. The summed E-state index contributed by atoms with van der Waals surface area (Å²) in [6.07, 6.45) is 2.69. The fourth-order valence-electron chi connectivity index (χ4n) is 1.32. The maximum atomic E-state index is 11.5. The Morgan fingerprint density at radius 2 is 2.29 bits per heavy atom. The highest BCUT2D eigenvalue weighted by Crippen LogP contribution is 1.92. The first-order valence-electron chi connectivity index (χ1n) is 4.68. The van der Waals surface area contributed by atoms with Gasteiger partial charge < -0.3 is 0 Å². The van der Waals surface area contributed by atoms with Crippen molar-refractivity contribution in [3.8, 4) is 6.07 Å². The SMILES string of the molecule is Cn1cnc(Cn2cc(C#N)c(=O)[nH]c2=O)n1. The Kier molecular flexibility index (Phi) is 2.58. The van der Waals surface area contributed by atoms with Gasteiger partial charge in [-0.25, -0.2) is 9.78 Å². The van der Waals surface area contributed by atoms with E-state index in [4.69, 9.17) is 5.26 Å². The Labute approximate surface area is 94.8 Å². The van der Waals surface area contributed by atoms with Crippen molar-refractivity contribution in [3.63, 3.8) is 0 Å². The van der Waals surface area contributed by atoms with Crippen molar-refractivity contribution in [1.82, 2.24) is 24.3 Å². The van der Waals surface area contributed by atoms with E-state index in [-0.39, 0.29) is 12.1 Å². The first-order valence-corrected chi connectivity index (χ1v) is 4.68. The second kappa shape index (κ2) is 4.05. The largest absolute Gasteiger partial charge is 0.328 e. The molecule has 0 aliphatic rings. The quantitative estimate of drug-likeness (QED) is 0.683. The lowest BCUT2D eigenvalue weighted by Crippen LogP contribution is -2.31. The summed E-state index contributed by atoms with van der Waals surface area (Å²) in [5.74, 6) is 0.422. The van der Waals surface area contributed by atoms with Crippen LogP contribution in [0.4, 0.5) is 0 Å². The number of aromatic amines is 1. The predicted molar refractivity (Wildman–Crippen MR) is 56.1 cm³/mol. The Morgan fingerprint density at radius 3 is 2.88 bits per heavy atom. The minimum Gasteiger partial charge on any atom is -0.292 e. The van der Waals surface area contributed by atoms with E-state index in [1.165, 1.54) is 21.8 Å². The minimum absolute atomic E-state index is 0.102. The molecule has 0 saturated heterocycles. The normalized spacial score (nSPS) is 10.1. The molecule has 0 aliphatic heterocycles. The van der Waals surface area contributed by atoms with E-state index < -0.39 is 11.2 Å². The highest BCUT2D eigenvalue weighted by atomic mass is 16.2. The molecule has 2 aromatic rings. The van der Waals surface area contributed by atoms with E-state index in [9.17, 15) is 9.59 Å². The molecule has 2 heterocycles. The number of nitrogens with one attached hydrogen (secondary N) is 1. The summed E-state index contributed by atoms with van der Waals surface area (Å²) in [4.78, 5) is 28.6. The molecule has 2 rings (SSSR count). The molecule has 8 nitrogen and oxygen atoms in total. The van der Waals surface area contributed by atoms with Crippen LogP contribution in [0.2, 0.25) is 0 Å². The van der Waals surface area contributed by atoms with E-state index in [0.717, 1.165) is 0 Å². The lowest BCUT2D eigenvalue weighted by atomic mass is 10.4. The van der Waals surface area contributed by atoms with E-state index in [1.807, 2.05) is 0 Å². The zero-order chi connectivity index (χ0) is 12.4. The van der Waals surface area contributed by atoms with Gasteiger partial charge >= 0.3 is 5.69 Å². The molecule has 0 radical (unpaired) electrons. The van der Waals surface area contributed by atoms with Crippen molar-refractivity contribution in [2.24, 2.45) is 7.05 Å². The first kappa shape index (κ1) is 10.8. The maximum absolute atomic E-state index is 11.5. The smallest absolute Gasteiger partial charge is 0.292 e. The van der Waals surface area contributed by atoms with Crippen LogP contribution in [0.1, 0.15) is 11.4 Å². The van der Waals surface area contributed by atoms with Gasteiger partial charge in [0, 0.05) is 13.2 Å².